The Hall–Kier alpha value is -1.86. The molecule has 2 aromatic carbocycles. The molecule has 0 aromatic heterocycles. The smallest absolute Gasteiger partial charge is 1.00 e. The normalized spacial score (nSPS) is 13.2. The zero-order valence-electron chi connectivity index (χ0n) is 15.2. The van der Waals surface area contributed by atoms with Crippen LogP contribution in [0.4, 0.5) is 0 Å². The zero-order valence-corrected chi connectivity index (χ0v) is 17.6. The molecule has 4 rings (SSSR count). The molecule has 0 atom stereocenters. The summed E-state index contributed by atoms with van der Waals surface area (Å²) in [6.45, 7) is 0. The van der Waals surface area contributed by atoms with Crippen LogP contribution in [0.5, 0.6) is 0 Å². The molecule has 0 nitrogen and oxygen atoms in total. The molecule has 2 aliphatic carbocycles. The summed E-state index contributed by atoms with van der Waals surface area (Å²) in [7, 11) is 0. The molecule has 0 spiro atoms. The van der Waals surface area contributed by atoms with Crippen LogP contribution < -0.4 is 9.41 Å². The Balaban J connectivity index is 0.000000451. The topological polar surface area (TPSA) is 0 Å². The Labute approximate surface area is 180 Å². The molecule has 0 N–H and O–H groups in total. The Morgan fingerprint density at radius 1 is 0.593 bits per heavy atom. The average molecular weight is 440 g/mol. The van der Waals surface area contributed by atoms with Gasteiger partial charge in [0.05, 0.1) is 0 Å². The third-order valence-corrected chi connectivity index (χ3v) is 4.01. The Morgan fingerprint density at radius 3 is 1.26 bits per heavy atom. The van der Waals surface area contributed by atoms with Crippen LogP contribution in [0.15, 0.2) is 96.1 Å². The van der Waals surface area contributed by atoms with Crippen molar-refractivity contribution in [3.63, 3.8) is 0 Å². The van der Waals surface area contributed by atoms with Crippen LogP contribution in [-0.2, 0) is 39.0 Å². The second kappa shape index (κ2) is 14.2. The van der Waals surface area contributed by atoms with E-state index in [0.29, 0.717) is 0 Å². The summed E-state index contributed by atoms with van der Waals surface area (Å²) in [4.78, 5) is 0. The van der Waals surface area contributed by atoms with Crippen LogP contribution in [0.1, 0.15) is 24.0 Å². The molecule has 0 bridgehead atoms. The van der Waals surface area contributed by atoms with E-state index >= 15 is 0 Å². The molecular formula is C24H22F2Zr. The van der Waals surface area contributed by atoms with Crippen LogP contribution >= 0.6 is 0 Å². The van der Waals surface area contributed by atoms with Crippen molar-refractivity contribution in [3.8, 4) is 0 Å². The first-order valence-electron chi connectivity index (χ1n) is 8.50. The number of allylic oxidation sites excluding steroid dienone is 8. The second-order valence-electron chi connectivity index (χ2n) is 5.94. The maximum atomic E-state index is 3.31. The van der Waals surface area contributed by atoms with Gasteiger partial charge in [-0.2, -0.15) is 12.2 Å². The Morgan fingerprint density at radius 2 is 0.963 bits per heavy atom. The van der Waals surface area contributed by atoms with Crippen LogP contribution in [-0.4, -0.2) is 0 Å². The molecule has 0 heterocycles. The summed E-state index contributed by atoms with van der Waals surface area (Å²) in [5, 5.41) is 0. The predicted molar refractivity (Wildman–Crippen MR) is 101 cm³/mol. The maximum absolute atomic E-state index is 3.31. The number of rotatable bonds is 4. The fraction of sp³-hybridized carbons (Fsp3) is 0.167. The molecule has 2 aromatic rings. The molecule has 0 saturated heterocycles. The summed E-state index contributed by atoms with van der Waals surface area (Å²) in [6.07, 6.45) is 19.3. The maximum Gasteiger partial charge on any atom is 4.00 e. The first-order valence-corrected chi connectivity index (χ1v) is 8.50. The summed E-state index contributed by atoms with van der Waals surface area (Å²) in [5.74, 6) is 0. The van der Waals surface area contributed by atoms with E-state index in [0.717, 1.165) is 25.7 Å². The quantitative estimate of drug-likeness (QED) is 0.581. The largest absolute Gasteiger partial charge is 4.00 e. The van der Waals surface area contributed by atoms with Crippen LogP contribution in [0, 0.1) is 12.2 Å². The Kier molecular flexibility index (Phi) is 13.3. The van der Waals surface area contributed by atoms with E-state index in [4.69, 9.17) is 0 Å². The molecule has 0 fully saturated rings. The van der Waals surface area contributed by atoms with Crippen molar-refractivity contribution in [2.24, 2.45) is 0 Å². The van der Waals surface area contributed by atoms with Gasteiger partial charge in [0.1, 0.15) is 0 Å². The van der Waals surface area contributed by atoms with Crippen molar-refractivity contribution in [3.05, 3.63) is 119 Å². The second-order valence-corrected chi connectivity index (χ2v) is 5.94. The Bertz CT molecular complexity index is 692. The summed E-state index contributed by atoms with van der Waals surface area (Å²) < 4.78 is 0. The minimum absolute atomic E-state index is 0. The van der Waals surface area contributed by atoms with E-state index in [1.54, 1.807) is 0 Å². The van der Waals surface area contributed by atoms with Crippen molar-refractivity contribution < 1.29 is 35.6 Å². The fourth-order valence-electron chi connectivity index (χ4n) is 2.77. The van der Waals surface area contributed by atoms with Crippen molar-refractivity contribution in [1.29, 1.82) is 0 Å². The van der Waals surface area contributed by atoms with Crippen LogP contribution in [0.25, 0.3) is 0 Å². The van der Waals surface area contributed by atoms with Gasteiger partial charge in [-0.3, -0.25) is 12.2 Å². The van der Waals surface area contributed by atoms with E-state index in [9.17, 15) is 0 Å². The van der Waals surface area contributed by atoms with Gasteiger partial charge in [0.25, 0.3) is 0 Å². The van der Waals surface area contributed by atoms with Gasteiger partial charge < -0.3 is 9.41 Å². The van der Waals surface area contributed by atoms with E-state index in [1.165, 1.54) is 22.3 Å². The number of halogens is 2. The van der Waals surface area contributed by atoms with Crippen LogP contribution in [0.3, 0.4) is 0 Å². The van der Waals surface area contributed by atoms with Gasteiger partial charge in [-0.05, 0) is 24.0 Å². The van der Waals surface area contributed by atoms with Gasteiger partial charge in [0.2, 0.25) is 0 Å². The first kappa shape index (κ1) is 25.1. The third-order valence-electron chi connectivity index (χ3n) is 4.01. The summed E-state index contributed by atoms with van der Waals surface area (Å²) in [5.41, 5.74) is 5.38. The van der Waals surface area contributed by atoms with Gasteiger partial charge >= 0.3 is 26.2 Å². The minimum atomic E-state index is 0. The van der Waals surface area contributed by atoms with Crippen molar-refractivity contribution in [2.45, 2.75) is 25.7 Å². The van der Waals surface area contributed by atoms with Crippen LogP contribution in [0.2, 0.25) is 0 Å². The molecule has 0 amide bonds. The molecule has 2 aliphatic rings. The number of benzene rings is 2. The van der Waals surface area contributed by atoms with E-state index in [-0.39, 0.29) is 35.6 Å². The molecule has 0 unspecified atom stereocenters. The molecular weight excluding hydrogens is 417 g/mol. The molecule has 136 valence electrons. The number of hydrogen-bond donors (Lipinski definition) is 0. The van der Waals surface area contributed by atoms with Gasteiger partial charge in [-0.15, -0.1) is 12.8 Å². The average Bonchev–Trinajstić information content (AvgIpc) is 3.32. The van der Waals surface area contributed by atoms with E-state index in [1.807, 2.05) is 12.1 Å². The molecule has 3 heteroatoms. The monoisotopic (exact) mass is 438 g/mol. The van der Waals surface area contributed by atoms with Gasteiger partial charge in [0, 0.05) is 0 Å². The predicted octanol–water partition coefficient (Wildman–Crippen LogP) is -0.157. The van der Waals surface area contributed by atoms with Crippen molar-refractivity contribution in [2.75, 3.05) is 0 Å². The fourth-order valence-corrected chi connectivity index (χ4v) is 2.77. The van der Waals surface area contributed by atoms with E-state index in [2.05, 4.69) is 85.0 Å². The first-order chi connectivity index (χ1) is 11.9. The molecule has 27 heavy (non-hydrogen) atoms. The van der Waals surface area contributed by atoms with E-state index < -0.39 is 0 Å². The minimum Gasteiger partial charge on any atom is -1.00 e. The molecule has 0 saturated carbocycles. The van der Waals surface area contributed by atoms with Gasteiger partial charge in [0.15, 0.2) is 0 Å². The number of hydrogen-bond acceptors (Lipinski definition) is 0. The van der Waals surface area contributed by atoms with Crippen molar-refractivity contribution in [1.82, 2.24) is 0 Å². The standard InChI is InChI=1S/2C12H11.2FH.Zr/c2*1-2-6-11(7-3-1)10-12-8-4-5-9-12;;;/h2*1-4,6-8H,5,10H2;2*1H;/q2*-1;;;+4/p-2. The third kappa shape index (κ3) is 9.06. The zero-order chi connectivity index (χ0) is 16.5. The molecule has 0 aliphatic heterocycles. The summed E-state index contributed by atoms with van der Waals surface area (Å²) in [6, 6.07) is 21.0. The SMILES string of the molecule is [C-]1=C(Cc2ccccc2)C=CC1.[C-]1=C(Cc2ccccc2)C=CC1.[F-].[F-].[Zr+4]. The van der Waals surface area contributed by atoms with Gasteiger partial charge in [-0.25, -0.2) is 23.3 Å². The molecule has 0 radical (unpaired) electrons. The summed E-state index contributed by atoms with van der Waals surface area (Å²) >= 11 is 0. The van der Waals surface area contributed by atoms with Crippen molar-refractivity contribution >= 4 is 0 Å². The van der Waals surface area contributed by atoms with Gasteiger partial charge in [-0.1, -0.05) is 60.7 Å².